The molecule has 0 aliphatic carbocycles. The molecule has 0 saturated heterocycles. The summed E-state index contributed by atoms with van der Waals surface area (Å²) in [5.41, 5.74) is 15.8. The summed E-state index contributed by atoms with van der Waals surface area (Å²) in [7, 11) is 0. The van der Waals surface area contributed by atoms with Gasteiger partial charge in [-0.25, -0.2) is 4.98 Å². The number of nitrogens with two attached hydrogens (primary N) is 2. The van der Waals surface area contributed by atoms with Crippen molar-refractivity contribution in [1.82, 2.24) is 24.7 Å². The molecule has 0 bridgehead atoms. The number of aromatic nitrogens is 5. The number of aliphatic carboxylic acids is 1. The van der Waals surface area contributed by atoms with Crippen molar-refractivity contribution >= 4 is 51.1 Å². The number of carbonyl (C=O) groups excluding carboxylic acids is 1. The van der Waals surface area contributed by atoms with Gasteiger partial charge in [-0.15, -0.1) is 0 Å². The van der Waals surface area contributed by atoms with E-state index in [4.69, 9.17) is 21.4 Å². The monoisotopic (exact) mass is 458 g/mol. The lowest BCUT2D eigenvalue weighted by Gasteiger charge is -2.10. The van der Waals surface area contributed by atoms with E-state index in [1.807, 2.05) is 41.1 Å². The van der Waals surface area contributed by atoms with Crippen molar-refractivity contribution < 1.29 is 14.7 Å². The number of carboxylic acids is 1. The van der Waals surface area contributed by atoms with Crippen molar-refractivity contribution in [2.75, 3.05) is 11.1 Å². The fourth-order valence-electron chi connectivity index (χ4n) is 3.62. The van der Waals surface area contributed by atoms with E-state index in [2.05, 4.69) is 31.5 Å². The maximum Gasteiger partial charge on any atom is 0.300 e. The molecular weight excluding hydrogens is 436 g/mol. The second-order valence-electron chi connectivity index (χ2n) is 7.49. The Balaban J connectivity index is 0.000000636. The third kappa shape index (κ3) is 4.93. The van der Waals surface area contributed by atoms with E-state index < -0.39 is 5.97 Å². The third-order valence-corrected chi connectivity index (χ3v) is 4.90. The van der Waals surface area contributed by atoms with Crippen molar-refractivity contribution in [1.29, 1.82) is 0 Å². The first-order chi connectivity index (χ1) is 16.3. The molecule has 0 aliphatic heterocycles. The quantitative estimate of drug-likeness (QED) is 0.267. The van der Waals surface area contributed by atoms with Crippen molar-refractivity contribution in [3.05, 3.63) is 61.1 Å². The molecule has 3 aromatic heterocycles. The number of carboxylic acid groups (broad SMARTS) is 1. The van der Waals surface area contributed by atoms with Gasteiger partial charge >= 0.3 is 0 Å². The number of nitrogens with one attached hydrogen (secondary N) is 2. The zero-order valence-corrected chi connectivity index (χ0v) is 18.2. The summed E-state index contributed by atoms with van der Waals surface area (Å²) >= 11 is 0. The standard InChI is InChI=1S/C21H18N8O.C2H4O2/c22-18(30)11-29-6-4-13-7-12(1-2-17(13)29)16-9-15(8-14-10-25-28-20(14)16)26-19-3-5-24-21(23)27-19;1-2(3)4/h1-10H,11H2,(H2,22,30)(H,25,28)(H3,23,24,26,27);1H3,(H,3,4). The summed E-state index contributed by atoms with van der Waals surface area (Å²) in [4.78, 5) is 28.4. The topological polar surface area (TPSA) is 178 Å². The lowest BCUT2D eigenvalue weighted by molar-refractivity contribution is -0.134. The minimum atomic E-state index is -0.833. The minimum Gasteiger partial charge on any atom is -0.481 e. The first-order valence-electron chi connectivity index (χ1n) is 10.2. The van der Waals surface area contributed by atoms with Crippen molar-refractivity contribution in [3.63, 3.8) is 0 Å². The molecule has 2 aromatic carbocycles. The van der Waals surface area contributed by atoms with E-state index in [9.17, 15) is 4.79 Å². The van der Waals surface area contributed by atoms with Crippen LogP contribution >= 0.6 is 0 Å². The molecule has 11 nitrogen and oxygen atoms in total. The molecule has 0 unspecified atom stereocenters. The van der Waals surface area contributed by atoms with Gasteiger partial charge in [-0.2, -0.15) is 10.1 Å². The van der Waals surface area contributed by atoms with Gasteiger partial charge in [0.1, 0.15) is 12.4 Å². The van der Waals surface area contributed by atoms with Crippen LogP contribution in [0.25, 0.3) is 32.9 Å². The zero-order chi connectivity index (χ0) is 24.2. The fourth-order valence-corrected chi connectivity index (χ4v) is 3.62. The van der Waals surface area contributed by atoms with Crippen LogP contribution in [0.1, 0.15) is 6.92 Å². The minimum absolute atomic E-state index is 0.148. The highest BCUT2D eigenvalue weighted by Gasteiger charge is 2.11. The summed E-state index contributed by atoms with van der Waals surface area (Å²) in [5, 5.41) is 19.9. The Labute approximate surface area is 193 Å². The van der Waals surface area contributed by atoms with E-state index in [1.165, 1.54) is 0 Å². The highest BCUT2D eigenvalue weighted by Crippen LogP contribution is 2.33. The van der Waals surface area contributed by atoms with E-state index in [1.54, 1.807) is 18.5 Å². The first-order valence-corrected chi connectivity index (χ1v) is 10.2. The van der Waals surface area contributed by atoms with Crippen LogP contribution < -0.4 is 16.8 Å². The first kappa shape index (κ1) is 22.3. The van der Waals surface area contributed by atoms with E-state index >= 15 is 0 Å². The molecule has 0 radical (unpaired) electrons. The number of benzene rings is 2. The molecule has 0 fully saturated rings. The lowest BCUT2D eigenvalue weighted by atomic mass is 10.0. The van der Waals surface area contributed by atoms with Crippen LogP contribution in [0.15, 0.2) is 61.1 Å². The van der Waals surface area contributed by atoms with Gasteiger partial charge in [0.05, 0.1) is 11.7 Å². The number of amides is 1. The highest BCUT2D eigenvalue weighted by atomic mass is 16.4. The SMILES string of the molecule is CC(=O)O.NC(=O)Cn1ccc2cc(-c3cc(Nc4ccnc(N)n4)cc4cn[nH]c34)ccc21. The van der Waals surface area contributed by atoms with Crippen LogP contribution in [0, 0.1) is 0 Å². The Kier molecular flexibility index (Phi) is 6.08. The molecule has 34 heavy (non-hydrogen) atoms. The van der Waals surface area contributed by atoms with E-state index in [0.29, 0.717) is 5.82 Å². The molecule has 3 heterocycles. The molecule has 172 valence electrons. The normalized spacial score (nSPS) is 10.6. The number of fused-ring (bicyclic) bond motifs is 2. The Morgan fingerprint density at radius 3 is 2.68 bits per heavy atom. The average molecular weight is 458 g/mol. The predicted molar refractivity (Wildman–Crippen MR) is 129 cm³/mol. The largest absolute Gasteiger partial charge is 0.481 e. The summed E-state index contributed by atoms with van der Waals surface area (Å²) in [6, 6.07) is 13.8. The van der Waals surface area contributed by atoms with Gasteiger partial charge in [0.2, 0.25) is 11.9 Å². The molecule has 1 amide bonds. The molecule has 0 spiro atoms. The molecule has 11 heteroatoms. The van der Waals surface area contributed by atoms with Gasteiger partial charge in [-0.1, -0.05) is 6.07 Å². The van der Waals surface area contributed by atoms with Gasteiger partial charge in [0.15, 0.2) is 0 Å². The number of hydrogen-bond donors (Lipinski definition) is 5. The maximum atomic E-state index is 11.3. The number of rotatable bonds is 5. The summed E-state index contributed by atoms with van der Waals surface area (Å²) < 4.78 is 1.84. The Morgan fingerprint density at radius 1 is 1.15 bits per heavy atom. The molecule has 5 rings (SSSR count). The number of H-pyrrole nitrogens is 1. The molecule has 0 saturated carbocycles. The fraction of sp³-hybridized carbons (Fsp3) is 0.0870. The Bertz CT molecular complexity index is 1500. The van der Waals surface area contributed by atoms with E-state index in [0.717, 1.165) is 45.5 Å². The molecule has 7 N–H and O–H groups in total. The molecule has 5 aromatic rings. The predicted octanol–water partition coefficient (Wildman–Crippen LogP) is 2.88. The summed E-state index contributed by atoms with van der Waals surface area (Å²) in [6.07, 6.45) is 5.25. The van der Waals surface area contributed by atoms with Crippen molar-refractivity contribution in [2.24, 2.45) is 5.73 Å². The van der Waals surface area contributed by atoms with Crippen LogP contribution in [0.3, 0.4) is 0 Å². The van der Waals surface area contributed by atoms with Crippen LogP contribution in [-0.4, -0.2) is 41.7 Å². The third-order valence-electron chi connectivity index (χ3n) is 4.90. The number of nitrogens with zero attached hydrogens (tertiary/aromatic N) is 4. The van der Waals surface area contributed by atoms with Gasteiger partial charge < -0.3 is 26.5 Å². The number of carbonyl (C=O) groups is 2. The van der Waals surface area contributed by atoms with Gasteiger partial charge in [-0.05, 0) is 42.0 Å². The van der Waals surface area contributed by atoms with Crippen LogP contribution in [0.4, 0.5) is 17.5 Å². The van der Waals surface area contributed by atoms with Crippen molar-refractivity contribution in [2.45, 2.75) is 13.5 Å². The number of aromatic amines is 1. The van der Waals surface area contributed by atoms with Gasteiger partial charge in [0.25, 0.3) is 5.97 Å². The van der Waals surface area contributed by atoms with Crippen molar-refractivity contribution in [3.8, 4) is 11.1 Å². The number of primary amides is 1. The molecule has 0 aliphatic rings. The summed E-state index contributed by atoms with van der Waals surface area (Å²) in [6.45, 7) is 1.23. The molecular formula is C23H22N8O3. The number of anilines is 3. The van der Waals surface area contributed by atoms with Crippen LogP contribution in [0.2, 0.25) is 0 Å². The second-order valence-corrected chi connectivity index (χ2v) is 7.49. The zero-order valence-electron chi connectivity index (χ0n) is 18.2. The second kappa shape index (κ2) is 9.28. The smallest absolute Gasteiger partial charge is 0.300 e. The summed E-state index contributed by atoms with van der Waals surface area (Å²) in [5.74, 6) is -0.398. The highest BCUT2D eigenvalue weighted by molar-refractivity contribution is 5.99. The average Bonchev–Trinajstić information content (AvgIpc) is 3.39. The Hall–Kier alpha value is -4.93. The van der Waals surface area contributed by atoms with Gasteiger partial charge in [0, 0.05) is 46.9 Å². The number of nitrogen functional groups attached to an aromatic ring is 1. The Morgan fingerprint density at radius 2 is 1.94 bits per heavy atom. The molecule has 0 atom stereocenters. The van der Waals surface area contributed by atoms with Crippen LogP contribution in [0.5, 0.6) is 0 Å². The lowest BCUT2D eigenvalue weighted by Crippen LogP contribution is -2.17. The van der Waals surface area contributed by atoms with E-state index in [-0.39, 0.29) is 18.4 Å². The maximum absolute atomic E-state index is 11.3. The number of hydrogen-bond acceptors (Lipinski definition) is 7. The van der Waals surface area contributed by atoms with Crippen LogP contribution in [-0.2, 0) is 16.1 Å². The van der Waals surface area contributed by atoms with Gasteiger partial charge in [-0.3, -0.25) is 14.7 Å².